The van der Waals surface area contributed by atoms with E-state index in [1.807, 2.05) is 0 Å². The monoisotopic (exact) mass is 367 g/mol. The van der Waals surface area contributed by atoms with Crippen LogP contribution in [0, 0.1) is 5.92 Å². The Hall–Kier alpha value is -1.89. The molecule has 1 aliphatic carbocycles. The molecule has 2 N–H and O–H groups in total. The van der Waals surface area contributed by atoms with Crippen LogP contribution in [0.15, 0.2) is 0 Å². The lowest BCUT2D eigenvalue weighted by Gasteiger charge is -2.21. The summed E-state index contributed by atoms with van der Waals surface area (Å²) in [5.74, 6) is -1.25. The number of amides is 1. The molecule has 1 aromatic rings. The maximum absolute atomic E-state index is 12.5. The predicted octanol–water partition coefficient (Wildman–Crippen LogP) is 3.63. The summed E-state index contributed by atoms with van der Waals surface area (Å²) in [6.07, 6.45) is 3.22. The Kier molecular flexibility index (Phi) is 6.58. The Balaban J connectivity index is 2.27. The van der Waals surface area contributed by atoms with Crippen molar-refractivity contribution < 1.29 is 24.2 Å². The average Bonchev–Trinajstić information content (AvgIpc) is 2.88. The highest BCUT2D eigenvalue weighted by molar-refractivity contribution is 7.17. The maximum Gasteiger partial charge on any atom is 0.341 e. The molecule has 0 unspecified atom stereocenters. The van der Waals surface area contributed by atoms with E-state index in [0.717, 1.165) is 36.1 Å². The normalized spacial score (nSPS) is 16.4. The van der Waals surface area contributed by atoms with Gasteiger partial charge in [0.15, 0.2) is 0 Å². The summed E-state index contributed by atoms with van der Waals surface area (Å²) in [5.41, 5.74) is 1.43. The predicted molar refractivity (Wildman–Crippen MR) is 96.2 cm³/mol. The molecule has 0 aromatic carbocycles. The zero-order valence-corrected chi connectivity index (χ0v) is 15.7. The van der Waals surface area contributed by atoms with Gasteiger partial charge in [-0.2, -0.15) is 0 Å². The van der Waals surface area contributed by atoms with Crippen LogP contribution in [0.1, 0.15) is 67.3 Å². The van der Waals surface area contributed by atoms with Crippen molar-refractivity contribution in [2.75, 3.05) is 5.32 Å². The largest absolute Gasteiger partial charge is 0.481 e. The van der Waals surface area contributed by atoms with Crippen molar-refractivity contribution in [2.45, 2.75) is 65.4 Å². The zero-order chi connectivity index (χ0) is 18.6. The standard InChI is InChI=1S/C18H25NO5S/c1-4-11-5-6-12-13(9-11)25-17(16(12)18(23)24-10(2)3)19-14(20)7-8-15(21)22/h10-11H,4-9H2,1-3H3,(H,19,20)(H,21,22)/t11-/m1/s1. The molecule has 1 aromatic heterocycles. The number of fused-ring (bicyclic) bond motifs is 1. The van der Waals surface area contributed by atoms with E-state index in [9.17, 15) is 14.4 Å². The quantitative estimate of drug-likeness (QED) is 0.718. The number of carboxylic acids is 1. The molecule has 0 spiro atoms. The van der Waals surface area contributed by atoms with Gasteiger partial charge in [0, 0.05) is 11.3 Å². The van der Waals surface area contributed by atoms with Crippen molar-refractivity contribution in [3.63, 3.8) is 0 Å². The van der Waals surface area contributed by atoms with Crippen LogP contribution < -0.4 is 5.32 Å². The number of esters is 1. The van der Waals surface area contributed by atoms with E-state index < -0.39 is 17.8 Å². The Morgan fingerprint density at radius 2 is 2.04 bits per heavy atom. The second-order valence-electron chi connectivity index (χ2n) is 6.62. The van der Waals surface area contributed by atoms with E-state index in [4.69, 9.17) is 9.84 Å². The van der Waals surface area contributed by atoms with Crippen LogP contribution in [0.4, 0.5) is 5.00 Å². The summed E-state index contributed by atoms with van der Waals surface area (Å²) in [5, 5.41) is 11.9. The van der Waals surface area contributed by atoms with E-state index in [0.29, 0.717) is 16.5 Å². The van der Waals surface area contributed by atoms with Crippen molar-refractivity contribution in [3.05, 3.63) is 16.0 Å². The number of carboxylic acid groups (broad SMARTS) is 1. The highest BCUT2D eigenvalue weighted by Gasteiger charge is 2.30. The van der Waals surface area contributed by atoms with Gasteiger partial charge in [0.25, 0.3) is 0 Å². The van der Waals surface area contributed by atoms with Gasteiger partial charge in [0.1, 0.15) is 5.00 Å². The molecule has 1 aliphatic rings. The molecular weight excluding hydrogens is 342 g/mol. The zero-order valence-electron chi connectivity index (χ0n) is 14.9. The van der Waals surface area contributed by atoms with Crippen LogP contribution in [0.25, 0.3) is 0 Å². The molecule has 1 atom stereocenters. The number of thiophene rings is 1. The number of carbonyl (C=O) groups is 3. The van der Waals surface area contributed by atoms with Gasteiger partial charge in [-0.3, -0.25) is 9.59 Å². The molecule has 0 saturated carbocycles. The highest BCUT2D eigenvalue weighted by Crippen LogP contribution is 2.41. The van der Waals surface area contributed by atoms with Gasteiger partial charge < -0.3 is 15.2 Å². The smallest absolute Gasteiger partial charge is 0.341 e. The van der Waals surface area contributed by atoms with Crippen molar-refractivity contribution in [1.82, 2.24) is 0 Å². The molecule has 0 saturated heterocycles. The van der Waals surface area contributed by atoms with Crippen LogP contribution in [0.5, 0.6) is 0 Å². The number of carbonyl (C=O) groups excluding carboxylic acids is 2. The minimum atomic E-state index is -1.02. The summed E-state index contributed by atoms with van der Waals surface area (Å²) in [7, 11) is 0. The first-order chi connectivity index (χ1) is 11.8. The minimum Gasteiger partial charge on any atom is -0.481 e. The van der Waals surface area contributed by atoms with Crippen molar-refractivity contribution >= 4 is 34.2 Å². The maximum atomic E-state index is 12.5. The van der Waals surface area contributed by atoms with E-state index in [1.165, 1.54) is 11.3 Å². The topological polar surface area (TPSA) is 92.7 Å². The number of hydrogen-bond donors (Lipinski definition) is 2. The Labute approximate surface area is 151 Å². The lowest BCUT2D eigenvalue weighted by Crippen LogP contribution is -2.19. The number of anilines is 1. The first kappa shape index (κ1) is 19.4. The third-order valence-electron chi connectivity index (χ3n) is 4.31. The van der Waals surface area contributed by atoms with E-state index in [1.54, 1.807) is 13.8 Å². The number of nitrogens with one attached hydrogen (secondary N) is 1. The van der Waals surface area contributed by atoms with Gasteiger partial charge in [-0.25, -0.2) is 4.79 Å². The van der Waals surface area contributed by atoms with Gasteiger partial charge in [0.05, 0.1) is 18.1 Å². The Morgan fingerprint density at radius 1 is 1.32 bits per heavy atom. The van der Waals surface area contributed by atoms with Gasteiger partial charge >= 0.3 is 11.9 Å². The summed E-state index contributed by atoms with van der Waals surface area (Å²) < 4.78 is 5.36. The molecule has 0 aliphatic heterocycles. The number of aliphatic carboxylic acids is 1. The Bertz CT molecular complexity index is 665. The van der Waals surface area contributed by atoms with E-state index in [-0.39, 0.29) is 18.9 Å². The highest BCUT2D eigenvalue weighted by atomic mass is 32.1. The van der Waals surface area contributed by atoms with Gasteiger partial charge in [-0.15, -0.1) is 11.3 Å². The lowest BCUT2D eigenvalue weighted by molar-refractivity contribution is -0.138. The van der Waals surface area contributed by atoms with Crippen LogP contribution in [-0.2, 0) is 27.2 Å². The lowest BCUT2D eigenvalue weighted by atomic mass is 9.85. The molecular formula is C18H25NO5S. The second-order valence-corrected chi connectivity index (χ2v) is 7.73. The SMILES string of the molecule is CC[C@@H]1CCc2c(sc(NC(=O)CCC(=O)O)c2C(=O)OC(C)C)C1. The first-order valence-electron chi connectivity index (χ1n) is 8.68. The molecule has 0 radical (unpaired) electrons. The van der Waals surface area contributed by atoms with Crippen molar-refractivity contribution in [1.29, 1.82) is 0 Å². The van der Waals surface area contributed by atoms with Crippen molar-refractivity contribution in [3.8, 4) is 0 Å². The number of rotatable bonds is 7. The second kappa shape index (κ2) is 8.47. The third-order valence-corrected chi connectivity index (χ3v) is 5.48. The average molecular weight is 367 g/mol. The van der Waals surface area contributed by atoms with Crippen LogP contribution in [-0.4, -0.2) is 29.1 Å². The minimum absolute atomic E-state index is 0.117. The van der Waals surface area contributed by atoms with Crippen LogP contribution in [0.2, 0.25) is 0 Å². The number of ether oxygens (including phenoxy) is 1. The molecule has 1 amide bonds. The summed E-state index contributed by atoms with van der Waals surface area (Å²) in [6, 6.07) is 0. The summed E-state index contributed by atoms with van der Waals surface area (Å²) >= 11 is 1.42. The molecule has 25 heavy (non-hydrogen) atoms. The Morgan fingerprint density at radius 3 is 2.64 bits per heavy atom. The molecule has 7 heteroatoms. The van der Waals surface area contributed by atoms with E-state index >= 15 is 0 Å². The van der Waals surface area contributed by atoms with Gasteiger partial charge in [0.2, 0.25) is 5.91 Å². The fourth-order valence-corrected chi connectivity index (χ4v) is 4.36. The van der Waals surface area contributed by atoms with Crippen LogP contribution in [0.3, 0.4) is 0 Å². The van der Waals surface area contributed by atoms with Gasteiger partial charge in [-0.1, -0.05) is 13.3 Å². The number of hydrogen-bond acceptors (Lipinski definition) is 5. The van der Waals surface area contributed by atoms with Gasteiger partial charge in [-0.05, 0) is 44.6 Å². The molecule has 0 fully saturated rings. The molecule has 0 bridgehead atoms. The van der Waals surface area contributed by atoms with E-state index in [2.05, 4.69) is 12.2 Å². The van der Waals surface area contributed by atoms with Crippen molar-refractivity contribution in [2.24, 2.45) is 5.92 Å². The fourth-order valence-electron chi connectivity index (χ4n) is 2.99. The molecule has 138 valence electrons. The third kappa shape index (κ3) is 5.04. The summed E-state index contributed by atoms with van der Waals surface area (Å²) in [4.78, 5) is 36.3. The molecule has 1 heterocycles. The molecule has 6 nitrogen and oxygen atoms in total. The molecule has 2 rings (SSSR count). The fraction of sp³-hybridized carbons (Fsp3) is 0.611. The first-order valence-corrected chi connectivity index (χ1v) is 9.50. The van der Waals surface area contributed by atoms with Crippen LogP contribution >= 0.6 is 11.3 Å². The summed E-state index contributed by atoms with van der Waals surface area (Å²) in [6.45, 7) is 5.73.